The van der Waals surface area contributed by atoms with Gasteiger partial charge in [-0.1, -0.05) is 23.4 Å². The summed E-state index contributed by atoms with van der Waals surface area (Å²) in [5, 5.41) is 9.98. The van der Waals surface area contributed by atoms with Crippen molar-refractivity contribution in [3.63, 3.8) is 0 Å². The fourth-order valence-corrected chi connectivity index (χ4v) is 6.65. The predicted octanol–water partition coefficient (Wildman–Crippen LogP) is 2.52. The Morgan fingerprint density at radius 1 is 1.29 bits per heavy atom. The molecule has 1 aromatic heterocycles. The van der Waals surface area contributed by atoms with Crippen LogP contribution in [0.3, 0.4) is 0 Å². The predicted molar refractivity (Wildman–Crippen MR) is 120 cm³/mol. The molecule has 2 aliphatic rings. The van der Waals surface area contributed by atoms with Crippen molar-refractivity contribution in [2.45, 2.75) is 43.1 Å². The van der Waals surface area contributed by atoms with Gasteiger partial charge in [-0.05, 0) is 43.5 Å². The third-order valence-electron chi connectivity index (χ3n) is 5.70. The lowest BCUT2D eigenvalue weighted by atomic mass is 10.2. The Bertz CT molecular complexity index is 1040. The van der Waals surface area contributed by atoms with Crippen molar-refractivity contribution in [3.8, 4) is 11.4 Å². The molecule has 0 radical (unpaired) electrons. The first-order chi connectivity index (χ1) is 14.8. The lowest BCUT2D eigenvalue weighted by molar-refractivity contribution is -0.128. The number of aromatic nitrogens is 3. The topological polar surface area (TPSA) is 94.4 Å². The summed E-state index contributed by atoms with van der Waals surface area (Å²) in [6.07, 6.45) is 2.58. The van der Waals surface area contributed by atoms with E-state index in [1.54, 1.807) is 11.9 Å². The Morgan fingerprint density at radius 3 is 2.71 bits per heavy atom. The number of thioether (sulfide) groups is 1. The summed E-state index contributed by atoms with van der Waals surface area (Å²) >= 11 is 7.33. The maximum atomic E-state index is 12.7. The molecule has 31 heavy (non-hydrogen) atoms. The molecule has 2 aliphatic heterocycles. The van der Waals surface area contributed by atoms with Crippen molar-refractivity contribution >= 4 is 39.1 Å². The number of amides is 1. The highest BCUT2D eigenvalue weighted by molar-refractivity contribution is 7.99. The van der Waals surface area contributed by atoms with E-state index in [1.165, 1.54) is 11.8 Å². The molecule has 0 aliphatic carbocycles. The monoisotopic (exact) mass is 484 g/mol. The average molecular weight is 485 g/mol. The van der Waals surface area contributed by atoms with Crippen molar-refractivity contribution in [2.75, 3.05) is 30.9 Å². The number of benzene rings is 1. The molecule has 3 heterocycles. The lowest BCUT2D eigenvalue weighted by Crippen LogP contribution is -2.38. The summed E-state index contributed by atoms with van der Waals surface area (Å²) in [6.45, 7) is 1.36. The largest absolute Gasteiger partial charge is 0.376 e. The zero-order chi connectivity index (χ0) is 22.0. The SMILES string of the molecule is CN(C(=O)CSc1nnc(-c2ccc(Cl)cc2)n1C[C@@H]1CCCO1)[C@@H]1CCS(=O)(=O)C1. The van der Waals surface area contributed by atoms with Crippen LogP contribution in [0.2, 0.25) is 5.02 Å². The number of halogens is 1. The van der Waals surface area contributed by atoms with Crippen LogP contribution in [0.5, 0.6) is 0 Å². The minimum Gasteiger partial charge on any atom is -0.376 e. The Hall–Kier alpha value is -1.62. The number of rotatable bonds is 7. The van der Waals surface area contributed by atoms with E-state index in [4.69, 9.17) is 16.3 Å². The zero-order valence-electron chi connectivity index (χ0n) is 17.2. The van der Waals surface area contributed by atoms with Gasteiger partial charge in [-0.2, -0.15) is 0 Å². The molecule has 2 atom stereocenters. The highest BCUT2D eigenvalue weighted by Crippen LogP contribution is 2.28. The maximum absolute atomic E-state index is 12.7. The summed E-state index contributed by atoms with van der Waals surface area (Å²) in [5.74, 6) is 0.930. The van der Waals surface area contributed by atoms with Gasteiger partial charge in [-0.25, -0.2) is 8.42 Å². The number of ether oxygens (including phenoxy) is 1. The molecule has 1 amide bonds. The smallest absolute Gasteiger partial charge is 0.233 e. The average Bonchev–Trinajstić information content (AvgIpc) is 3.47. The summed E-state index contributed by atoms with van der Waals surface area (Å²) in [7, 11) is -1.37. The Balaban J connectivity index is 1.49. The second-order valence-corrected chi connectivity index (χ2v) is 11.5. The molecule has 2 saturated heterocycles. The van der Waals surface area contributed by atoms with E-state index < -0.39 is 9.84 Å². The fraction of sp³-hybridized carbons (Fsp3) is 0.550. The van der Waals surface area contributed by atoms with E-state index in [0.717, 1.165) is 25.0 Å². The maximum Gasteiger partial charge on any atom is 0.233 e. The molecule has 0 N–H and O–H groups in total. The van der Waals surface area contributed by atoms with Gasteiger partial charge in [0.15, 0.2) is 20.8 Å². The number of carbonyl (C=O) groups excluding carboxylic acids is 1. The summed E-state index contributed by atoms with van der Waals surface area (Å²) in [6, 6.07) is 7.15. The van der Waals surface area contributed by atoms with Crippen molar-refractivity contribution in [1.82, 2.24) is 19.7 Å². The van der Waals surface area contributed by atoms with Crippen LogP contribution in [-0.4, -0.2) is 77.0 Å². The Kier molecular flexibility index (Phi) is 6.90. The normalized spacial score (nSPS) is 22.6. The van der Waals surface area contributed by atoms with E-state index >= 15 is 0 Å². The van der Waals surface area contributed by atoms with Gasteiger partial charge in [0.2, 0.25) is 5.91 Å². The van der Waals surface area contributed by atoms with Crippen LogP contribution in [0, 0.1) is 0 Å². The highest BCUT2D eigenvalue weighted by atomic mass is 35.5. The zero-order valence-corrected chi connectivity index (χ0v) is 19.6. The van der Waals surface area contributed by atoms with Crippen LogP contribution in [0.4, 0.5) is 0 Å². The third-order valence-corrected chi connectivity index (χ3v) is 8.66. The molecular formula is C20H25ClN4O4S2. The van der Waals surface area contributed by atoms with Gasteiger partial charge >= 0.3 is 0 Å². The van der Waals surface area contributed by atoms with Crippen LogP contribution in [-0.2, 0) is 25.9 Å². The molecule has 0 saturated carbocycles. The quantitative estimate of drug-likeness (QED) is 0.557. The molecular weight excluding hydrogens is 460 g/mol. The number of hydrogen-bond donors (Lipinski definition) is 0. The second-order valence-electron chi connectivity index (χ2n) is 7.91. The molecule has 168 valence electrons. The number of nitrogens with zero attached hydrogens (tertiary/aromatic N) is 4. The molecule has 0 spiro atoms. The first-order valence-corrected chi connectivity index (χ1v) is 13.4. The summed E-state index contributed by atoms with van der Waals surface area (Å²) in [4.78, 5) is 14.3. The molecule has 1 aromatic carbocycles. The molecule has 0 unspecified atom stereocenters. The minimum atomic E-state index is -3.04. The number of carbonyl (C=O) groups is 1. The van der Waals surface area contributed by atoms with Crippen LogP contribution in [0.25, 0.3) is 11.4 Å². The minimum absolute atomic E-state index is 0.0375. The standard InChI is InChI=1S/C20H25ClN4O4S2/c1-24(16-8-10-31(27,28)13-16)18(26)12-30-20-23-22-19(14-4-6-15(21)7-5-14)25(20)11-17-3-2-9-29-17/h4-7,16-17H,2-3,8-13H2,1H3/t16-,17+/m1/s1. The first-order valence-electron chi connectivity index (χ1n) is 10.2. The Labute approximate surface area is 191 Å². The van der Waals surface area contributed by atoms with Gasteiger partial charge in [0.05, 0.1) is 29.9 Å². The van der Waals surface area contributed by atoms with Crippen molar-refractivity contribution in [2.24, 2.45) is 0 Å². The van der Waals surface area contributed by atoms with E-state index in [9.17, 15) is 13.2 Å². The van der Waals surface area contributed by atoms with Crippen LogP contribution in [0.15, 0.2) is 29.4 Å². The number of hydrogen-bond acceptors (Lipinski definition) is 7. The van der Waals surface area contributed by atoms with Gasteiger partial charge in [0.1, 0.15) is 0 Å². The van der Waals surface area contributed by atoms with Crippen molar-refractivity contribution in [3.05, 3.63) is 29.3 Å². The first kappa shape index (κ1) is 22.6. The molecule has 8 nitrogen and oxygen atoms in total. The van der Waals surface area contributed by atoms with E-state index in [-0.39, 0.29) is 35.3 Å². The fourth-order valence-electron chi connectivity index (χ4n) is 3.88. The third kappa shape index (κ3) is 5.42. The van der Waals surface area contributed by atoms with Gasteiger partial charge < -0.3 is 9.64 Å². The number of sulfone groups is 1. The molecule has 2 aromatic rings. The highest BCUT2D eigenvalue weighted by Gasteiger charge is 2.33. The lowest BCUT2D eigenvalue weighted by Gasteiger charge is -2.23. The van der Waals surface area contributed by atoms with E-state index in [2.05, 4.69) is 10.2 Å². The van der Waals surface area contributed by atoms with Crippen LogP contribution < -0.4 is 0 Å². The molecule has 4 rings (SSSR count). The molecule has 0 bridgehead atoms. The van der Waals surface area contributed by atoms with Crippen LogP contribution >= 0.6 is 23.4 Å². The van der Waals surface area contributed by atoms with Gasteiger partial charge in [0.25, 0.3) is 0 Å². The van der Waals surface area contributed by atoms with E-state index in [0.29, 0.717) is 29.0 Å². The molecule has 2 fully saturated rings. The Morgan fingerprint density at radius 2 is 2.06 bits per heavy atom. The summed E-state index contributed by atoms with van der Waals surface area (Å²) in [5.41, 5.74) is 0.890. The molecule has 11 heteroatoms. The van der Waals surface area contributed by atoms with Crippen LogP contribution in [0.1, 0.15) is 19.3 Å². The van der Waals surface area contributed by atoms with Crippen molar-refractivity contribution < 1.29 is 17.9 Å². The van der Waals surface area contributed by atoms with Crippen molar-refractivity contribution in [1.29, 1.82) is 0 Å². The van der Waals surface area contributed by atoms with Gasteiger partial charge in [0, 0.05) is 30.3 Å². The van der Waals surface area contributed by atoms with Gasteiger partial charge in [-0.3, -0.25) is 9.36 Å². The summed E-state index contributed by atoms with van der Waals surface area (Å²) < 4.78 is 31.3. The van der Waals surface area contributed by atoms with Gasteiger partial charge in [-0.15, -0.1) is 10.2 Å². The second kappa shape index (κ2) is 9.48. The van der Waals surface area contributed by atoms with E-state index in [1.807, 2.05) is 28.8 Å².